The highest BCUT2D eigenvalue weighted by Crippen LogP contribution is 2.15. The molecule has 0 heterocycles. The first kappa shape index (κ1) is 11.9. The number of aliphatic carboxylic acids is 1. The molecular formula is C9H8F2N2O3. The second kappa shape index (κ2) is 5.06. The summed E-state index contributed by atoms with van der Waals surface area (Å²) < 4.78 is 25.7. The Kier molecular flexibility index (Phi) is 3.76. The zero-order valence-corrected chi connectivity index (χ0v) is 7.96. The number of carboxylic acid groups (broad SMARTS) is 1. The molecule has 2 amide bonds. The van der Waals surface area contributed by atoms with Crippen LogP contribution in [0.1, 0.15) is 0 Å². The molecule has 3 N–H and O–H groups in total. The lowest BCUT2D eigenvalue weighted by Crippen LogP contribution is -2.33. The van der Waals surface area contributed by atoms with Crippen molar-refractivity contribution in [3.05, 3.63) is 29.8 Å². The Hall–Kier alpha value is -2.18. The van der Waals surface area contributed by atoms with E-state index in [4.69, 9.17) is 5.11 Å². The number of urea groups is 1. The smallest absolute Gasteiger partial charge is 0.323 e. The van der Waals surface area contributed by atoms with Crippen LogP contribution >= 0.6 is 0 Å². The number of amides is 2. The Morgan fingerprint density at radius 2 is 2.00 bits per heavy atom. The van der Waals surface area contributed by atoms with E-state index in [2.05, 4.69) is 0 Å². The van der Waals surface area contributed by atoms with Gasteiger partial charge in [-0.2, -0.15) is 0 Å². The number of hydrogen-bond donors (Lipinski definition) is 3. The van der Waals surface area contributed by atoms with Gasteiger partial charge in [-0.15, -0.1) is 0 Å². The monoisotopic (exact) mass is 230 g/mol. The molecule has 0 saturated carbocycles. The maximum Gasteiger partial charge on any atom is 0.323 e. The molecular weight excluding hydrogens is 222 g/mol. The van der Waals surface area contributed by atoms with Crippen molar-refractivity contribution in [3.63, 3.8) is 0 Å². The first-order valence-corrected chi connectivity index (χ1v) is 4.21. The van der Waals surface area contributed by atoms with Crippen molar-refractivity contribution < 1.29 is 23.5 Å². The Labute approximate surface area is 89.1 Å². The lowest BCUT2D eigenvalue weighted by molar-refractivity contribution is -0.135. The summed E-state index contributed by atoms with van der Waals surface area (Å²) in [5, 5.41) is 12.2. The van der Waals surface area contributed by atoms with Crippen molar-refractivity contribution in [1.82, 2.24) is 5.32 Å². The van der Waals surface area contributed by atoms with E-state index in [0.717, 1.165) is 12.1 Å². The van der Waals surface area contributed by atoms with Gasteiger partial charge in [-0.25, -0.2) is 13.6 Å². The van der Waals surface area contributed by atoms with Gasteiger partial charge in [-0.3, -0.25) is 4.79 Å². The van der Waals surface area contributed by atoms with Crippen LogP contribution in [0.5, 0.6) is 0 Å². The van der Waals surface area contributed by atoms with Gasteiger partial charge in [-0.05, 0) is 12.1 Å². The van der Waals surface area contributed by atoms with Crippen molar-refractivity contribution in [2.45, 2.75) is 0 Å². The van der Waals surface area contributed by atoms with Gasteiger partial charge >= 0.3 is 12.0 Å². The van der Waals surface area contributed by atoms with E-state index >= 15 is 0 Å². The number of carbonyl (C=O) groups excluding carboxylic acids is 1. The van der Waals surface area contributed by atoms with Crippen LogP contribution < -0.4 is 10.6 Å². The Bertz CT molecular complexity index is 423. The molecule has 1 aromatic carbocycles. The van der Waals surface area contributed by atoms with Crippen LogP contribution in [0.4, 0.5) is 19.3 Å². The standard InChI is InChI=1S/C9H8F2N2O3/c10-5-2-1-3-6(8(5)11)13-9(16)12-4-7(14)15/h1-3H,4H2,(H,14,15)(H2,12,13,16). The molecule has 0 aliphatic rings. The Morgan fingerprint density at radius 1 is 1.31 bits per heavy atom. The van der Waals surface area contributed by atoms with Crippen molar-refractivity contribution >= 4 is 17.7 Å². The van der Waals surface area contributed by atoms with Gasteiger partial charge in [0.05, 0.1) is 5.69 Å². The molecule has 5 nitrogen and oxygen atoms in total. The lowest BCUT2D eigenvalue weighted by atomic mass is 10.3. The predicted molar refractivity (Wildman–Crippen MR) is 51.0 cm³/mol. The molecule has 1 rings (SSSR count). The van der Waals surface area contributed by atoms with Gasteiger partial charge in [0, 0.05) is 0 Å². The molecule has 0 radical (unpaired) electrons. The summed E-state index contributed by atoms with van der Waals surface area (Å²) in [6, 6.07) is 2.34. The van der Waals surface area contributed by atoms with E-state index in [1.807, 2.05) is 10.6 Å². The van der Waals surface area contributed by atoms with E-state index in [1.54, 1.807) is 0 Å². The molecule has 1 aromatic rings. The van der Waals surface area contributed by atoms with Crippen LogP contribution in [0.3, 0.4) is 0 Å². The van der Waals surface area contributed by atoms with Crippen LogP contribution in [-0.2, 0) is 4.79 Å². The summed E-state index contributed by atoms with van der Waals surface area (Å²) in [4.78, 5) is 21.1. The van der Waals surface area contributed by atoms with Gasteiger partial charge in [0.25, 0.3) is 0 Å². The topological polar surface area (TPSA) is 78.4 Å². The zero-order valence-electron chi connectivity index (χ0n) is 7.96. The molecule has 16 heavy (non-hydrogen) atoms. The van der Waals surface area contributed by atoms with Crippen molar-refractivity contribution in [2.24, 2.45) is 0 Å². The first-order valence-electron chi connectivity index (χ1n) is 4.21. The molecule has 0 aliphatic heterocycles. The van der Waals surface area contributed by atoms with Crippen LogP contribution in [0.2, 0.25) is 0 Å². The molecule has 0 unspecified atom stereocenters. The first-order chi connectivity index (χ1) is 7.50. The Morgan fingerprint density at radius 3 is 2.62 bits per heavy atom. The number of carbonyl (C=O) groups is 2. The molecule has 0 fully saturated rings. The third-order valence-electron chi connectivity index (χ3n) is 1.60. The SMILES string of the molecule is O=C(O)CNC(=O)Nc1cccc(F)c1F. The highest BCUT2D eigenvalue weighted by Gasteiger charge is 2.10. The molecule has 0 aromatic heterocycles. The minimum atomic E-state index is -1.24. The normalized spacial score (nSPS) is 9.62. The summed E-state index contributed by atoms with van der Waals surface area (Å²) in [6.45, 7) is -0.608. The van der Waals surface area contributed by atoms with Gasteiger partial charge < -0.3 is 15.7 Å². The minimum absolute atomic E-state index is 0.358. The fourth-order valence-corrected chi connectivity index (χ4v) is 0.923. The van der Waals surface area contributed by atoms with Gasteiger partial charge in [0.15, 0.2) is 11.6 Å². The van der Waals surface area contributed by atoms with E-state index in [-0.39, 0.29) is 5.69 Å². The summed E-state index contributed by atoms with van der Waals surface area (Å²) in [7, 11) is 0. The second-order valence-corrected chi connectivity index (χ2v) is 2.80. The number of hydrogen-bond acceptors (Lipinski definition) is 2. The molecule has 0 atom stereocenters. The third-order valence-corrected chi connectivity index (χ3v) is 1.60. The number of halogens is 2. The maximum absolute atomic E-state index is 13.0. The highest BCUT2D eigenvalue weighted by molar-refractivity contribution is 5.91. The predicted octanol–water partition coefficient (Wildman–Crippen LogP) is 1.17. The molecule has 0 aliphatic carbocycles. The summed E-state index contributed by atoms with van der Waals surface area (Å²) >= 11 is 0. The second-order valence-electron chi connectivity index (χ2n) is 2.80. The fourth-order valence-electron chi connectivity index (χ4n) is 0.923. The average molecular weight is 230 g/mol. The molecule has 7 heteroatoms. The minimum Gasteiger partial charge on any atom is -0.480 e. The highest BCUT2D eigenvalue weighted by atomic mass is 19.2. The maximum atomic E-state index is 13.0. The van der Waals surface area contributed by atoms with Crippen LogP contribution in [-0.4, -0.2) is 23.7 Å². The Balaban J connectivity index is 2.63. The molecule has 0 spiro atoms. The van der Waals surface area contributed by atoms with E-state index < -0.39 is 30.2 Å². The number of benzene rings is 1. The van der Waals surface area contributed by atoms with Crippen LogP contribution in [0, 0.1) is 11.6 Å². The summed E-state index contributed by atoms with van der Waals surface area (Å²) in [5.41, 5.74) is -0.358. The van der Waals surface area contributed by atoms with E-state index in [9.17, 15) is 18.4 Å². The number of anilines is 1. The molecule has 0 saturated heterocycles. The van der Waals surface area contributed by atoms with Crippen molar-refractivity contribution in [2.75, 3.05) is 11.9 Å². The number of carboxylic acids is 1. The molecule has 86 valence electrons. The van der Waals surface area contributed by atoms with Gasteiger partial charge in [-0.1, -0.05) is 6.07 Å². The molecule has 0 bridgehead atoms. The largest absolute Gasteiger partial charge is 0.480 e. The van der Waals surface area contributed by atoms with Crippen LogP contribution in [0.15, 0.2) is 18.2 Å². The number of rotatable bonds is 3. The van der Waals surface area contributed by atoms with Crippen LogP contribution in [0.25, 0.3) is 0 Å². The van der Waals surface area contributed by atoms with E-state index in [0.29, 0.717) is 0 Å². The lowest BCUT2D eigenvalue weighted by Gasteiger charge is -2.06. The fraction of sp³-hybridized carbons (Fsp3) is 0.111. The van der Waals surface area contributed by atoms with Crippen molar-refractivity contribution in [3.8, 4) is 0 Å². The van der Waals surface area contributed by atoms with Gasteiger partial charge in [0.2, 0.25) is 0 Å². The van der Waals surface area contributed by atoms with Crippen molar-refractivity contribution in [1.29, 1.82) is 0 Å². The van der Waals surface area contributed by atoms with E-state index in [1.165, 1.54) is 6.07 Å². The zero-order chi connectivity index (χ0) is 12.1. The summed E-state index contributed by atoms with van der Waals surface area (Å²) in [5.74, 6) is -3.54. The summed E-state index contributed by atoms with van der Waals surface area (Å²) in [6.07, 6.45) is 0. The number of nitrogens with one attached hydrogen (secondary N) is 2. The quantitative estimate of drug-likeness (QED) is 0.729. The third kappa shape index (κ3) is 3.19. The average Bonchev–Trinajstić information content (AvgIpc) is 2.22. The van der Waals surface area contributed by atoms with Gasteiger partial charge in [0.1, 0.15) is 6.54 Å².